The molecule has 1 rings (SSSR count). The van der Waals surface area contributed by atoms with E-state index in [0.717, 1.165) is 17.5 Å². The molecule has 0 aromatic heterocycles. The van der Waals surface area contributed by atoms with Gasteiger partial charge in [-0.25, -0.2) is 0 Å². The molecule has 0 aliphatic rings. The van der Waals surface area contributed by atoms with Crippen molar-refractivity contribution < 1.29 is 0 Å². The summed E-state index contributed by atoms with van der Waals surface area (Å²) in [5, 5.41) is 4.31. The molecule has 1 N–H and O–H groups in total. The Morgan fingerprint density at radius 2 is 2.00 bits per heavy atom. The van der Waals surface area contributed by atoms with Crippen LogP contribution in [0.15, 0.2) is 24.3 Å². The summed E-state index contributed by atoms with van der Waals surface area (Å²) in [5.41, 5.74) is 1.26. The first-order chi connectivity index (χ1) is 7.09. The van der Waals surface area contributed by atoms with Crippen LogP contribution in [-0.4, -0.2) is 6.54 Å². The lowest BCUT2D eigenvalue weighted by atomic mass is 10.1. The molecule has 1 unspecified atom stereocenters. The van der Waals surface area contributed by atoms with Gasteiger partial charge in [0.25, 0.3) is 0 Å². The molecular formula is C13H20ClN. The number of hydrogen-bond donors (Lipinski definition) is 1. The zero-order valence-electron chi connectivity index (χ0n) is 9.76. The van der Waals surface area contributed by atoms with Crippen LogP contribution in [-0.2, 0) is 0 Å². The molecule has 1 aromatic rings. The van der Waals surface area contributed by atoms with Crippen molar-refractivity contribution in [2.75, 3.05) is 6.54 Å². The Morgan fingerprint density at radius 3 is 2.60 bits per heavy atom. The molecule has 1 aromatic carbocycles. The molecule has 0 spiro atoms. The largest absolute Gasteiger partial charge is 0.310 e. The minimum atomic E-state index is 0.377. The average molecular weight is 226 g/mol. The van der Waals surface area contributed by atoms with E-state index in [1.165, 1.54) is 12.0 Å². The van der Waals surface area contributed by atoms with Crippen molar-refractivity contribution in [3.8, 4) is 0 Å². The lowest BCUT2D eigenvalue weighted by molar-refractivity contribution is 0.497. The van der Waals surface area contributed by atoms with Gasteiger partial charge in [-0.3, -0.25) is 0 Å². The predicted octanol–water partition coefficient (Wildman–Crippen LogP) is 4.04. The van der Waals surface area contributed by atoms with Crippen molar-refractivity contribution in [1.29, 1.82) is 0 Å². The van der Waals surface area contributed by atoms with Crippen LogP contribution in [0.2, 0.25) is 5.02 Å². The molecule has 0 aliphatic carbocycles. The first-order valence-electron chi connectivity index (χ1n) is 5.58. The van der Waals surface area contributed by atoms with E-state index in [1.807, 2.05) is 18.2 Å². The number of benzene rings is 1. The van der Waals surface area contributed by atoms with E-state index in [-0.39, 0.29) is 0 Å². The summed E-state index contributed by atoms with van der Waals surface area (Å²) >= 11 is 5.95. The van der Waals surface area contributed by atoms with E-state index in [0.29, 0.717) is 6.04 Å². The standard InChI is InChI=1S/C13H20ClN/c1-10(2)7-8-15-11(3)12-5-4-6-13(14)9-12/h4-6,9-11,15H,7-8H2,1-3H3. The smallest absolute Gasteiger partial charge is 0.0409 e. The van der Waals surface area contributed by atoms with Crippen molar-refractivity contribution in [1.82, 2.24) is 5.32 Å². The van der Waals surface area contributed by atoms with Gasteiger partial charge in [0.05, 0.1) is 0 Å². The third kappa shape index (κ3) is 4.67. The molecule has 15 heavy (non-hydrogen) atoms. The highest BCUT2D eigenvalue weighted by molar-refractivity contribution is 6.30. The molecule has 2 heteroatoms. The number of rotatable bonds is 5. The molecule has 1 atom stereocenters. The highest BCUT2D eigenvalue weighted by Gasteiger charge is 2.04. The van der Waals surface area contributed by atoms with E-state index < -0.39 is 0 Å². The zero-order valence-corrected chi connectivity index (χ0v) is 10.5. The van der Waals surface area contributed by atoms with Crippen molar-refractivity contribution in [2.45, 2.75) is 33.2 Å². The van der Waals surface area contributed by atoms with Gasteiger partial charge in [-0.1, -0.05) is 37.6 Å². The van der Waals surface area contributed by atoms with E-state index in [1.54, 1.807) is 0 Å². The second kappa shape index (κ2) is 6.14. The third-order valence-corrected chi connectivity index (χ3v) is 2.76. The van der Waals surface area contributed by atoms with E-state index in [4.69, 9.17) is 11.6 Å². The van der Waals surface area contributed by atoms with Crippen LogP contribution < -0.4 is 5.32 Å². The quantitative estimate of drug-likeness (QED) is 0.798. The molecule has 0 bridgehead atoms. The monoisotopic (exact) mass is 225 g/mol. The maximum atomic E-state index is 5.95. The minimum Gasteiger partial charge on any atom is -0.310 e. The van der Waals surface area contributed by atoms with Crippen LogP contribution in [0.4, 0.5) is 0 Å². The SMILES string of the molecule is CC(C)CCNC(C)c1cccc(Cl)c1. The van der Waals surface area contributed by atoms with E-state index >= 15 is 0 Å². The van der Waals surface area contributed by atoms with E-state index in [9.17, 15) is 0 Å². The highest BCUT2D eigenvalue weighted by atomic mass is 35.5. The van der Waals surface area contributed by atoms with Crippen LogP contribution in [0, 0.1) is 5.92 Å². The van der Waals surface area contributed by atoms with Crippen LogP contribution in [0.25, 0.3) is 0 Å². The second-order valence-corrected chi connectivity index (χ2v) is 4.85. The Balaban J connectivity index is 2.43. The maximum absolute atomic E-state index is 5.95. The van der Waals surface area contributed by atoms with Gasteiger partial charge >= 0.3 is 0 Å². The molecule has 0 saturated carbocycles. The fourth-order valence-corrected chi connectivity index (χ4v) is 1.68. The Kier molecular flexibility index (Phi) is 5.13. The average Bonchev–Trinajstić information content (AvgIpc) is 2.17. The lowest BCUT2D eigenvalue weighted by Crippen LogP contribution is -2.20. The van der Waals surface area contributed by atoms with Gasteiger partial charge in [0.15, 0.2) is 0 Å². The van der Waals surface area contributed by atoms with E-state index in [2.05, 4.69) is 32.2 Å². The van der Waals surface area contributed by atoms with Crippen LogP contribution in [0.1, 0.15) is 38.8 Å². The minimum absolute atomic E-state index is 0.377. The molecule has 0 radical (unpaired) electrons. The number of nitrogens with one attached hydrogen (secondary N) is 1. The van der Waals surface area contributed by atoms with Gasteiger partial charge in [0.2, 0.25) is 0 Å². The second-order valence-electron chi connectivity index (χ2n) is 4.41. The molecule has 84 valence electrons. The first-order valence-corrected chi connectivity index (χ1v) is 5.96. The van der Waals surface area contributed by atoms with Gasteiger partial charge < -0.3 is 5.32 Å². The molecule has 0 heterocycles. The van der Waals surface area contributed by atoms with Gasteiger partial charge in [-0.2, -0.15) is 0 Å². The van der Waals surface area contributed by atoms with Crippen molar-refractivity contribution in [2.24, 2.45) is 5.92 Å². The topological polar surface area (TPSA) is 12.0 Å². The van der Waals surface area contributed by atoms with Crippen LogP contribution >= 0.6 is 11.6 Å². The Hall–Kier alpha value is -0.530. The van der Waals surface area contributed by atoms with Crippen molar-refractivity contribution in [3.05, 3.63) is 34.9 Å². The van der Waals surface area contributed by atoms with Gasteiger partial charge in [0, 0.05) is 11.1 Å². The fourth-order valence-electron chi connectivity index (χ4n) is 1.48. The maximum Gasteiger partial charge on any atom is 0.0409 e. The van der Waals surface area contributed by atoms with Crippen molar-refractivity contribution in [3.63, 3.8) is 0 Å². The third-order valence-electron chi connectivity index (χ3n) is 2.52. The summed E-state index contributed by atoms with van der Waals surface area (Å²) in [5.74, 6) is 0.754. The van der Waals surface area contributed by atoms with Gasteiger partial charge in [-0.15, -0.1) is 0 Å². The van der Waals surface area contributed by atoms with Gasteiger partial charge in [-0.05, 0) is 43.5 Å². The summed E-state index contributed by atoms with van der Waals surface area (Å²) in [6, 6.07) is 8.42. The Morgan fingerprint density at radius 1 is 1.27 bits per heavy atom. The highest BCUT2D eigenvalue weighted by Crippen LogP contribution is 2.17. The lowest BCUT2D eigenvalue weighted by Gasteiger charge is -2.15. The fraction of sp³-hybridized carbons (Fsp3) is 0.538. The Labute approximate surface area is 97.8 Å². The van der Waals surface area contributed by atoms with Crippen LogP contribution in [0.3, 0.4) is 0 Å². The molecule has 0 fully saturated rings. The molecule has 0 amide bonds. The summed E-state index contributed by atoms with van der Waals surface area (Å²) in [6.45, 7) is 7.72. The van der Waals surface area contributed by atoms with Gasteiger partial charge in [0.1, 0.15) is 0 Å². The summed E-state index contributed by atoms with van der Waals surface area (Å²) in [6.07, 6.45) is 1.21. The Bertz CT molecular complexity index is 296. The first kappa shape index (κ1) is 12.5. The molecule has 0 aliphatic heterocycles. The predicted molar refractivity (Wildman–Crippen MR) is 67.3 cm³/mol. The molecule has 0 saturated heterocycles. The number of hydrogen-bond acceptors (Lipinski definition) is 1. The zero-order chi connectivity index (χ0) is 11.3. The number of halogens is 1. The van der Waals surface area contributed by atoms with Crippen LogP contribution in [0.5, 0.6) is 0 Å². The summed E-state index contributed by atoms with van der Waals surface area (Å²) < 4.78 is 0. The molecular weight excluding hydrogens is 206 g/mol. The normalized spacial score (nSPS) is 13.1. The summed E-state index contributed by atoms with van der Waals surface area (Å²) in [7, 11) is 0. The van der Waals surface area contributed by atoms with Crippen molar-refractivity contribution >= 4 is 11.6 Å². The molecule has 1 nitrogen and oxygen atoms in total. The summed E-state index contributed by atoms with van der Waals surface area (Å²) in [4.78, 5) is 0.